The maximum atomic E-state index is 12.3. The van der Waals surface area contributed by atoms with Crippen molar-refractivity contribution in [2.24, 2.45) is 0 Å². The van der Waals surface area contributed by atoms with Gasteiger partial charge in [0.05, 0.1) is 6.04 Å². The second kappa shape index (κ2) is 6.75. The van der Waals surface area contributed by atoms with Crippen LogP contribution in [0.5, 0.6) is 0 Å². The van der Waals surface area contributed by atoms with Crippen molar-refractivity contribution in [1.82, 2.24) is 0 Å². The van der Waals surface area contributed by atoms with Crippen molar-refractivity contribution in [2.45, 2.75) is 31.1 Å². The van der Waals surface area contributed by atoms with Crippen molar-refractivity contribution >= 4 is 27.7 Å². The molecule has 0 spiro atoms. The molecule has 1 saturated heterocycles. The van der Waals surface area contributed by atoms with Gasteiger partial charge in [-0.3, -0.25) is 4.90 Å². The first-order valence-corrected chi connectivity index (χ1v) is 8.72. The van der Waals surface area contributed by atoms with E-state index in [-0.39, 0.29) is 17.0 Å². The van der Waals surface area contributed by atoms with Crippen LogP contribution in [0, 0.1) is 6.92 Å². The largest absolute Gasteiger partial charge is 0.447 e. The zero-order valence-electron chi connectivity index (χ0n) is 13.3. The summed E-state index contributed by atoms with van der Waals surface area (Å²) in [5.41, 5.74) is 4.43. The molecule has 2 aromatic rings. The van der Waals surface area contributed by atoms with Crippen LogP contribution in [-0.4, -0.2) is 18.7 Å². The van der Waals surface area contributed by atoms with Gasteiger partial charge in [0.25, 0.3) is 0 Å². The summed E-state index contributed by atoms with van der Waals surface area (Å²) in [6, 6.07) is 16.5. The van der Waals surface area contributed by atoms with Gasteiger partial charge < -0.3 is 4.74 Å². The van der Waals surface area contributed by atoms with Crippen molar-refractivity contribution in [3.63, 3.8) is 0 Å². The second-order valence-corrected chi connectivity index (χ2v) is 7.38. The average molecular weight is 374 g/mol. The van der Waals surface area contributed by atoms with Crippen LogP contribution in [0.4, 0.5) is 10.5 Å². The molecule has 120 valence electrons. The number of carbonyl (C=O) groups is 1. The number of nitrogens with zero attached hydrogens (tertiary/aromatic N) is 1. The highest BCUT2D eigenvalue weighted by Crippen LogP contribution is 2.31. The zero-order chi connectivity index (χ0) is 16.4. The van der Waals surface area contributed by atoms with Crippen LogP contribution >= 0.6 is 15.9 Å². The van der Waals surface area contributed by atoms with Crippen LogP contribution in [0.2, 0.25) is 0 Å². The van der Waals surface area contributed by atoms with Crippen LogP contribution in [-0.2, 0) is 11.2 Å². The van der Waals surface area contributed by atoms with Crippen molar-refractivity contribution < 1.29 is 9.53 Å². The lowest BCUT2D eigenvalue weighted by Crippen LogP contribution is -2.35. The highest BCUT2D eigenvalue weighted by atomic mass is 79.9. The van der Waals surface area contributed by atoms with Gasteiger partial charge >= 0.3 is 6.09 Å². The molecule has 3 rings (SSSR count). The molecule has 2 aromatic carbocycles. The van der Waals surface area contributed by atoms with E-state index in [2.05, 4.69) is 54.0 Å². The minimum absolute atomic E-state index is 0.0326. The molecule has 2 atom stereocenters. The summed E-state index contributed by atoms with van der Waals surface area (Å²) >= 11 is 3.61. The smallest absolute Gasteiger partial charge is 0.414 e. The van der Waals surface area contributed by atoms with E-state index in [4.69, 9.17) is 4.74 Å². The highest BCUT2D eigenvalue weighted by molar-refractivity contribution is 9.09. The molecule has 0 bridgehead atoms. The van der Waals surface area contributed by atoms with Gasteiger partial charge in [-0.25, -0.2) is 4.79 Å². The monoisotopic (exact) mass is 373 g/mol. The van der Waals surface area contributed by atoms with E-state index >= 15 is 0 Å². The van der Waals surface area contributed by atoms with Gasteiger partial charge in [-0.15, -0.1) is 0 Å². The van der Waals surface area contributed by atoms with Gasteiger partial charge in [-0.1, -0.05) is 52.3 Å². The maximum absolute atomic E-state index is 12.3. The molecular formula is C19H20BrNO2. The summed E-state index contributed by atoms with van der Waals surface area (Å²) in [5.74, 6) is 0. The van der Waals surface area contributed by atoms with Crippen LogP contribution in [0.15, 0.2) is 48.5 Å². The number of hydrogen-bond donors (Lipinski definition) is 0. The Kier molecular flexibility index (Phi) is 4.71. The number of amides is 1. The first-order valence-electron chi connectivity index (χ1n) is 7.80. The number of halogens is 1. The SMILES string of the molecule is Cc1cc(C(C)Br)cc(N2C(=O)OC[C@@H]2Cc2ccccc2)c1. The van der Waals surface area contributed by atoms with Gasteiger partial charge in [0.2, 0.25) is 0 Å². The van der Waals surface area contributed by atoms with Crippen molar-refractivity contribution in [3.05, 3.63) is 65.2 Å². The molecule has 0 radical (unpaired) electrons. The number of benzene rings is 2. The first kappa shape index (κ1) is 16.1. The zero-order valence-corrected chi connectivity index (χ0v) is 14.9. The van der Waals surface area contributed by atoms with Crippen molar-refractivity contribution in [2.75, 3.05) is 11.5 Å². The third kappa shape index (κ3) is 3.58. The Morgan fingerprint density at radius 2 is 2.00 bits per heavy atom. The highest BCUT2D eigenvalue weighted by Gasteiger charge is 2.34. The van der Waals surface area contributed by atoms with Crippen LogP contribution in [0.1, 0.15) is 28.4 Å². The molecule has 4 heteroatoms. The number of alkyl halides is 1. The normalized spacial score (nSPS) is 18.8. The van der Waals surface area contributed by atoms with E-state index in [1.165, 1.54) is 5.56 Å². The summed E-state index contributed by atoms with van der Waals surface area (Å²) in [6.07, 6.45) is 0.532. The maximum Gasteiger partial charge on any atom is 0.414 e. The molecule has 0 N–H and O–H groups in total. The number of carbonyl (C=O) groups excluding carboxylic acids is 1. The summed E-state index contributed by atoms with van der Waals surface area (Å²) in [7, 11) is 0. The molecule has 0 aromatic heterocycles. The van der Waals surface area contributed by atoms with E-state index in [0.29, 0.717) is 6.61 Å². The molecule has 1 fully saturated rings. The van der Waals surface area contributed by atoms with Crippen LogP contribution in [0.25, 0.3) is 0 Å². The van der Waals surface area contributed by atoms with E-state index in [0.717, 1.165) is 23.2 Å². The Balaban J connectivity index is 1.91. The fourth-order valence-corrected chi connectivity index (χ4v) is 3.24. The molecule has 0 aliphatic carbocycles. The van der Waals surface area contributed by atoms with Crippen molar-refractivity contribution in [3.8, 4) is 0 Å². The lowest BCUT2D eigenvalue weighted by atomic mass is 10.0. The third-order valence-electron chi connectivity index (χ3n) is 4.10. The van der Waals surface area contributed by atoms with E-state index in [9.17, 15) is 4.79 Å². The molecule has 1 unspecified atom stereocenters. The third-order valence-corrected chi connectivity index (χ3v) is 4.63. The van der Waals surface area contributed by atoms with E-state index in [1.807, 2.05) is 24.3 Å². The Morgan fingerprint density at radius 1 is 1.26 bits per heavy atom. The fraction of sp³-hybridized carbons (Fsp3) is 0.316. The van der Waals surface area contributed by atoms with Gasteiger partial charge in [0, 0.05) is 10.5 Å². The predicted octanol–water partition coefficient (Wildman–Crippen LogP) is 5.02. The summed E-state index contributed by atoms with van der Waals surface area (Å²) < 4.78 is 5.32. The number of aryl methyl sites for hydroxylation is 1. The van der Waals surface area contributed by atoms with Crippen molar-refractivity contribution in [1.29, 1.82) is 0 Å². The molecule has 1 amide bonds. The fourth-order valence-electron chi connectivity index (χ4n) is 2.97. The topological polar surface area (TPSA) is 29.5 Å². The number of anilines is 1. The number of cyclic esters (lactones) is 1. The second-order valence-electron chi connectivity index (χ2n) is 6.01. The standard InChI is InChI=1S/C19H20BrNO2/c1-13-8-16(14(2)20)11-17(9-13)21-18(12-23-19(21)22)10-15-6-4-3-5-7-15/h3-9,11,14,18H,10,12H2,1-2H3/t14?,18-/m0/s1. The molecule has 0 saturated carbocycles. The molecular weight excluding hydrogens is 354 g/mol. The van der Waals surface area contributed by atoms with E-state index < -0.39 is 0 Å². The van der Waals surface area contributed by atoms with Gasteiger partial charge in [0.1, 0.15) is 6.61 Å². The summed E-state index contributed by atoms with van der Waals surface area (Å²) in [5, 5.41) is 0. The quantitative estimate of drug-likeness (QED) is 0.704. The Morgan fingerprint density at radius 3 is 2.70 bits per heavy atom. The van der Waals surface area contributed by atoms with Crippen LogP contribution in [0.3, 0.4) is 0 Å². The van der Waals surface area contributed by atoms with Gasteiger partial charge in [0.15, 0.2) is 0 Å². The number of hydrogen-bond acceptors (Lipinski definition) is 2. The minimum atomic E-state index is -0.260. The lowest BCUT2D eigenvalue weighted by molar-refractivity contribution is 0.178. The molecule has 1 aliphatic rings. The molecule has 1 heterocycles. The minimum Gasteiger partial charge on any atom is -0.447 e. The lowest BCUT2D eigenvalue weighted by Gasteiger charge is -2.23. The summed E-state index contributed by atoms with van der Waals surface area (Å²) in [6.45, 7) is 4.57. The van der Waals surface area contributed by atoms with Gasteiger partial charge in [-0.05, 0) is 49.1 Å². The first-order chi connectivity index (χ1) is 11.0. The van der Waals surface area contributed by atoms with Gasteiger partial charge in [-0.2, -0.15) is 0 Å². The predicted molar refractivity (Wildman–Crippen MR) is 96.3 cm³/mol. The number of ether oxygens (including phenoxy) is 1. The molecule has 1 aliphatic heterocycles. The Labute approximate surface area is 145 Å². The molecule has 23 heavy (non-hydrogen) atoms. The molecule has 3 nitrogen and oxygen atoms in total. The van der Waals surface area contributed by atoms with Crippen LogP contribution < -0.4 is 4.90 Å². The Hall–Kier alpha value is -1.81. The number of rotatable bonds is 4. The van der Waals surface area contributed by atoms with E-state index in [1.54, 1.807) is 4.90 Å². The Bertz CT molecular complexity index is 700. The summed E-state index contributed by atoms with van der Waals surface area (Å²) in [4.78, 5) is 14.3. The average Bonchev–Trinajstić information content (AvgIpc) is 2.88.